The predicted octanol–water partition coefficient (Wildman–Crippen LogP) is 3.56. The Morgan fingerprint density at radius 2 is 2.15 bits per heavy atom. The molecule has 2 heterocycles. The number of benzene rings is 1. The van der Waals surface area contributed by atoms with E-state index >= 15 is 0 Å². The SMILES string of the molecule is Cc1cccc(OCC(=O)Nc2nn3c(C4CCCCC4)nnc3s2)c1. The first kappa shape index (κ1) is 17.0. The van der Waals surface area contributed by atoms with Gasteiger partial charge in [0.25, 0.3) is 5.91 Å². The summed E-state index contributed by atoms with van der Waals surface area (Å²) in [6, 6.07) is 7.61. The topological polar surface area (TPSA) is 81.4 Å². The highest BCUT2D eigenvalue weighted by Crippen LogP contribution is 2.32. The molecule has 0 unspecified atom stereocenters. The molecular formula is C18H21N5O2S. The minimum atomic E-state index is -0.240. The van der Waals surface area contributed by atoms with E-state index in [1.54, 1.807) is 4.52 Å². The van der Waals surface area contributed by atoms with Crippen molar-refractivity contribution in [3.05, 3.63) is 35.7 Å². The molecule has 0 bridgehead atoms. The Morgan fingerprint density at radius 3 is 2.96 bits per heavy atom. The van der Waals surface area contributed by atoms with E-state index in [-0.39, 0.29) is 12.5 Å². The summed E-state index contributed by atoms with van der Waals surface area (Å²) < 4.78 is 7.30. The Balaban J connectivity index is 1.40. The summed E-state index contributed by atoms with van der Waals surface area (Å²) in [5.41, 5.74) is 1.09. The largest absolute Gasteiger partial charge is 0.484 e. The third-order valence-electron chi connectivity index (χ3n) is 4.59. The number of aryl methyl sites for hydroxylation is 1. The van der Waals surface area contributed by atoms with Crippen molar-refractivity contribution < 1.29 is 9.53 Å². The third kappa shape index (κ3) is 3.70. The molecule has 0 aliphatic heterocycles. The molecule has 1 aromatic carbocycles. The second-order valence-corrected chi connectivity index (χ2v) is 7.60. The first-order chi connectivity index (χ1) is 12.7. The molecule has 1 fully saturated rings. The molecule has 7 nitrogen and oxygen atoms in total. The standard InChI is InChI=1S/C18H21N5O2S/c1-12-6-5-9-14(10-12)25-11-15(24)19-17-22-23-16(20-21-18(23)26-17)13-7-3-2-4-8-13/h5-6,9-10,13H,2-4,7-8,11H2,1H3,(H,19,22,24). The lowest BCUT2D eigenvalue weighted by molar-refractivity contribution is -0.118. The summed E-state index contributed by atoms with van der Waals surface area (Å²) in [7, 11) is 0. The van der Waals surface area contributed by atoms with Crippen LogP contribution in [0, 0.1) is 6.92 Å². The molecule has 0 atom stereocenters. The Bertz CT molecular complexity index is 913. The van der Waals surface area contributed by atoms with E-state index in [1.807, 2.05) is 31.2 Å². The van der Waals surface area contributed by atoms with E-state index in [4.69, 9.17) is 4.74 Å². The van der Waals surface area contributed by atoms with Crippen molar-refractivity contribution in [2.75, 3.05) is 11.9 Å². The van der Waals surface area contributed by atoms with Crippen molar-refractivity contribution in [3.63, 3.8) is 0 Å². The Labute approximate surface area is 155 Å². The van der Waals surface area contributed by atoms with Gasteiger partial charge in [0.15, 0.2) is 12.4 Å². The van der Waals surface area contributed by atoms with Crippen molar-refractivity contribution in [1.29, 1.82) is 0 Å². The van der Waals surface area contributed by atoms with Crippen LogP contribution in [-0.2, 0) is 4.79 Å². The number of carbonyl (C=O) groups is 1. The Hall–Kier alpha value is -2.48. The van der Waals surface area contributed by atoms with Crippen LogP contribution in [0.1, 0.15) is 49.4 Å². The van der Waals surface area contributed by atoms with Crippen molar-refractivity contribution in [2.24, 2.45) is 0 Å². The first-order valence-corrected chi connectivity index (χ1v) is 9.72. The summed E-state index contributed by atoms with van der Waals surface area (Å²) in [4.78, 5) is 12.9. The van der Waals surface area contributed by atoms with Crippen LogP contribution >= 0.6 is 11.3 Å². The van der Waals surface area contributed by atoms with Crippen LogP contribution in [0.5, 0.6) is 5.75 Å². The summed E-state index contributed by atoms with van der Waals surface area (Å²) in [5, 5.41) is 16.3. The van der Waals surface area contributed by atoms with Gasteiger partial charge in [0.2, 0.25) is 10.1 Å². The van der Waals surface area contributed by atoms with Gasteiger partial charge >= 0.3 is 0 Å². The molecule has 1 N–H and O–H groups in total. The van der Waals surface area contributed by atoms with Crippen LogP contribution in [0.15, 0.2) is 24.3 Å². The summed E-state index contributed by atoms with van der Waals surface area (Å²) in [6.45, 7) is 1.93. The van der Waals surface area contributed by atoms with Gasteiger partial charge in [-0.25, -0.2) is 0 Å². The number of rotatable bonds is 5. The first-order valence-electron chi connectivity index (χ1n) is 8.90. The van der Waals surface area contributed by atoms with Crippen LogP contribution < -0.4 is 10.1 Å². The highest BCUT2D eigenvalue weighted by Gasteiger charge is 2.23. The van der Waals surface area contributed by atoms with E-state index in [2.05, 4.69) is 20.6 Å². The molecule has 0 saturated heterocycles. The van der Waals surface area contributed by atoms with E-state index < -0.39 is 0 Å². The van der Waals surface area contributed by atoms with E-state index in [0.717, 1.165) is 24.2 Å². The second-order valence-electron chi connectivity index (χ2n) is 6.65. The van der Waals surface area contributed by atoms with Crippen molar-refractivity contribution in [2.45, 2.75) is 44.9 Å². The van der Waals surface area contributed by atoms with Crippen LogP contribution in [0.4, 0.5) is 5.13 Å². The maximum atomic E-state index is 12.1. The van der Waals surface area contributed by atoms with Crippen LogP contribution in [0.25, 0.3) is 4.96 Å². The quantitative estimate of drug-likeness (QED) is 0.742. The number of aromatic nitrogens is 4. The molecule has 136 valence electrons. The molecule has 8 heteroatoms. The number of hydrogen-bond donors (Lipinski definition) is 1. The third-order valence-corrected chi connectivity index (χ3v) is 5.41. The molecule has 3 aromatic rings. The van der Waals surface area contributed by atoms with Gasteiger partial charge < -0.3 is 4.74 Å². The molecule has 1 aliphatic carbocycles. The molecule has 1 aliphatic rings. The van der Waals surface area contributed by atoms with Crippen LogP contribution in [0.2, 0.25) is 0 Å². The molecule has 0 radical (unpaired) electrons. The number of hydrogen-bond acceptors (Lipinski definition) is 6. The number of nitrogens with one attached hydrogen (secondary N) is 1. The van der Waals surface area contributed by atoms with Gasteiger partial charge in [-0.3, -0.25) is 10.1 Å². The van der Waals surface area contributed by atoms with Gasteiger partial charge in [-0.15, -0.1) is 15.3 Å². The molecule has 2 aromatic heterocycles. The number of carbonyl (C=O) groups excluding carboxylic acids is 1. The Morgan fingerprint density at radius 1 is 1.31 bits per heavy atom. The number of fused-ring (bicyclic) bond motifs is 1. The fourth-order valence-electron chi connectivity index (χ4n) is 3.31. The van der Waals surface area contributed by atoms with Gasteiger partial charge in [0.1, 0.15) is 5.75 Å². The lowest BCUT2D eigenvalue weighted by atomic mass is 9.89. The smallest absolute Gasteiger partial charge is 0.264 e. The zero-order valence-electron chi connectivity index (χ0n) is 14.6. The van der Waals surface area contributed by atoms with Gasteiger partial charge in [-0.05, 0) is 37.5 Å². The van der Waals surface area contributed by atoms with Gasteiger partial charge in [-0.2, -0.15) is 4.52 Å². The summed E-state index contributed by atoms with van der Waals surface area (Å²) in [5.74, 6) is 1.76. The molecule has 1 saturated carbocycles. The minimum absolute atomic E-state index is 0.0565. The lowest BCUT2D eigenvalue weighted by Crippen LogP contribution is -2.20. The van der Waals surface area contributed by atoms with Gasteiger partial charge in [0, 0.05) is 5.92 Å². The van der Waals surface area contributed by atoms with Crippen molar-refractivity contribution in [1.82, 2.24) is 19.8 Å². The maximum absolute atomic E-state index is 12.1. The minimum Gasteiger partial charge on any atom is -0.484 e. The predicted molar refractivity (Wildman–Crippen MR) is 99.8 cm³/mol. The average Bonchev–Trinajstić information content (AvgIpc) is 3.21. The van der Waals surface area contributed by atoms with Gasteiger partial charge in [0.05, 0.1) is 0 Å². The highest BCUT2D eigenvalue weighted by molar-refractivity contribution is 7.20. The molecule has 1 amide bonds. The van der Waals surface area contributed by atoms with E-state index in [9.17, 15) is 4.79 Å². The van der Waals surface area contributed by atoms with E-state index in [0.29, 0.717) is 21.8 Å². The number of amides is 1. The summed E-state index contributed by atoms with van der Waals surface area (Å²) >= 11 is 1.33. The van der Waals surface area contributed by atoms with E-state index in [1.165, 1.54) is 30.6 Å². The second kappa shape index (κ2) is 7.41. The van der Waals surface area contributed by atoms with Crippen LogP contribution in [0.3, 0.4) is 0 Å². The monoisotopic (exact) mass is 371 g/mol. The highest BCUT2D eigenvalue weighted by atomic mass is 32.1. The number of nitrogens with zero attached hydrogens (tertiary/aromatic N) is 4. The van der Waals surface area contributed by atoms with Gasteiger partial charge in [-0.1, -0.05) is 42.7 Å². The van der Waals surface area contributed by atoms with Crippen molar-refractivity contribution >= 4 is 27.3 Å². The van der Waals surface area contributed by atoms with Crippen molar-refractivity contribution in [3.8, 4) is 5.75 Å². The lowest BCUT2D eigenvalue weighted by Gasteiger charge is -2.18. The molecule has 26 heavy (non-hydrogen) atoms. The number of anilines is 1. The number of ether oxygens (including phenoxy) is 1. The zero-order chi connectivity index (χ0) is 17.9. The van der Waals surface area contributed by atoms with Crippen LogP contribution in [-0.4, -0.2) is 32.3 Å². The fourth-order valence-corrected chi connectivity index (χ4v) is 4.07. The molecule has 0 spiro atoms. The molecule has 4 rings (SSSR count). The Kier molecular flexibility index (Phi) is 4.83. The fraction of sp³-hybridized carbons (Fsp3) is 0.444. The average molecular weight is 371 g/mol. The summed E-state index contributed by atoms with van der Waals surface area (Å²) in [6.07, 6.45) is 6.00. The zero-order valence-corrected chi connectivity index (χ0v) is 15.5. The normalized spacial score (nSPS) is 15.3. The maximum Gasteiger partial charge on any atom is 0.264 e. The molecular weight excluding hydrogens is 350 g/mol.